The van der Waals surface area contributed by atoms with Crippen LogP contribution in [0.4, 0.5) is 0 Å². The Bertz CT molecular complexity index is 291. The summed E-state index contributed by atoms with van der Waals surface area (Å²) in [5.74, 6) is 0. The molecule has 3 nitrogen and oxygen atoms in total. The number of aryl methyl sites for hydroxylation is 1. The van der Waals surface area contributed by atoms with Crippen LogP contribution in [0.25, 0.3) is 0 Å². The molecule has 0 saturated heterocycles. The Labute approximate surface area is 92.9 Å². The molecular weight excluding hydrogens is 186 g/mol. The number of nitrogens with one attached hydrogen (secondary N) is 1. The lowest BCUT2D eigenvalue weighted by Crippen LogP contribution is -2.20. The monoisotopic (exact) mass is 209 g/mol. The van der Waals surface area contributed by atoms with E-state index in [1.807, 2.05) is 17.9 Å². The van der Waals surface area contributed by atoms with Crippen LogP contribution in [0.1, 0.15) is 50.4 Å². The molecule has 1 heterocycles. The standard InChI is InChI=1S/C12H23N3/c1-5-6-7-8-13-10(2)12-9-14-15(4)11(12)3/h9-10,13H,5-8H2,1-4H3. The van der Waals surface area contributed by atoms with E-state index < -0.39 is 0 Å². The second-order valence-corrected chi connectivity index (χ2v) is 4.19. The van der Waals surface area contributed by atoms with Gasteiger partial charge in [0.1, 0.15) is 0 Å². The number of aromatic nitrogens is 2. The molecule has 1 atom stereocenters. The third-order valence-electron chi connectivity index (χ3n) is 2.97. The van der Waals surface area contributed by atoms with Crippen LogP contribution in [0, 0.1) is 6.92 Å². The average Bonchev–Trinajstić information content (AvgIpc) is 2.55. The quantitative estimate of drug-likeness (QED) is 0.730. The maximum absolute atomic E-state index is 4.26. The van der Waals surface area contributed by atoms with Gasteiger partial charge in [-0.3, -0.25) is 4.68 Å². The molecule has 0 aliphatic carbocycles. The van der Waals surface area contributed by atoms with Crippen LogP contribution < -0.4 is 5.32 Å². The Morgan fingerprint density at radius 1 is 1.47 bits per heavy atom. The van der Waals surface area contributed by atoms with E-state index in [9.17, 15) is 0 Å². The van der Waals surface area contributed by atoms with Gasteiger partial charge in [-0.2, -0.15) is 5.10 Å². The van der Waals surface area contributed by atoms with Gasteiger partial charge in [-0.05, 0) is 26.8 Å². The average molecular weight is 209 g/mol. The van der Waals surface area contributed by atoms with E-state index in [0.29, 0.717) is 6.04 Å². The fraction of sp³-hybridized carbons (Fsp3) is 0.750. The normalized spacial score (nSPS) is 13.1. The molecule has 0 amide bonds. The molecule has 0 spiro atoms. The smallest absolute Gasteiger partial charge is 0.0540 e. The molecule has 0 saturated carbocycles. The van der Waals surface area contributed by atoms with E-state index in [1.54, 1.807) is 0 Å². The lowest BCUT2D eigenvalue weighted by Gasteiger charge is -2.13. The minimum absolute atomic E-state index is 0.413. The molecule has 1 N–H and O–H groups in total. The van der Waals surface area contributed by atoms with Gasteiger partial charge in [0.15, 0.2) is 0 Å². The molecule has 0 bridgehead atoms. The van der Waals surface area contributed by atoms with Crippen LogP contribution in [0.5, 0.6) is 0 Å². The first kappa shape index (κ1) is 12.2. The van der Waals surface area contributed by atoms with Crippen molar-refractivity contribution in [2.45, 2.75) is 46.1 Å². The minimum Gasteiger partial charge on any atom is -0.310 e. The second-order valence-electron chi connectivity index (χ2n) is 4.19. The summed E-state index contributed by atoms with van der Waals surface area (Å²) in [5.41, 5.74) is 2.57. The van der Waals surface area contributed by atoms with Gasteiger partial charge in [0.05, 0.1) is 6.20 Å². The highest BCUT2D eigenvalue weighted by Crippen LogP contribution is 2.15. The summed E-state index contributed by atoms with van der Waals surface area (Å²) in [6, 6.07) is 0.413. The molecule has 1 rings (SSSR count). The van der Waals surface area contributed by atoms with Crippen molar-refractivity contribution in [1.29, 1.82) is 0 Å². The van der Waals surface area contributed by atoms with Crippen LogP contribution in [0.2, 0.25) is 0 Å². The maximum atomic E-state index is 4.26. The fourth-order valence-electron chi connectivity index (χ4n) is 1.74. The van der Waals surface area contributed by atoms with Gasteiger partial charge < -0.3 is 5.32 Å². The van der Waals surface area contributed by atoms with E-state index in [-0.39, 0.29) is 0 Å². The van der Waals surface area contributed by atoms with Crippen LogP contribution in [-0.2, 0) is 7.05 Å². The predicted octanol–water partition coefficient (Wildman–Crippen LogP) is 2.57. The van der Waals surface area contributed by atoms with Crippen molar-refractivity contribution >= 4 is 0 Å². The molecule has 0 radical (unpaired) electrons. The molecule has 0 fully saturated rings. The first-order chi connectivity index (χ1) is 7.16. The number of nitrogens with zero attached hydrogens (tertiary/aromatic N) is 2. The van der Waals surface area contributed by atoms with Gasteiger partial charge in [0, 0.05) is 24.3 Å². The Morgan fingerprint density at radius 3 is 2.73 bits per heavy atom. The number of hydrogen-bond acceptors (Lipinski definition) is 2. The topological polar surface area (TPSA) is 29.9 Å². The molecule has 1 unspecified atom stereocenters. The van der Waals surface area contributed by atoms with Gasteiger partial charge >= 0.3 is 0 Å². The molecule has 3 heteroatoms. The number of unbranched alkanes of at least 4 members (excludes halogenated alkanes) is 2. The van der Waals surface area contributed by atoms with E-state index in [2.05, 4.69) is 31.2 Å². The molecule has 1 aromatic heterocycles. The zero-order chi connectivity index (χ0) is 11.3. The molecule has 1 aromatic rings. The highest BCUT2D eigenvalue weighted by atomic mass is 15.3. The van der Waals surface area contributed by atoms with Crippen molar-refractivity contribution in [3.05, 3.63) is 17.5 Å². The highest BCUT2D eigenvalue weighted by Gasteiger charge is 2.10. The zero-order valence-electron chi connectivity index (χ0n) is 10.4. The second kappa shape index (κ2) is 5.91. The summed E-state index contributed by atoms with van der Waals surface area (Å²) >= 11 is 0. The van der Waals surface area contributed by atoms with Crippen molar-refractivity contribution in [3.63, 3.8) is 0 Å². The molecular formula is C12H23N3. The van der Waals surface area contributed by atoms with Gasteiger partial charge in [-0.15, -0.1) is 0 Å². The van der Waals surface area contributed by atoms with Gasteiger partial charge in [0.2, 0.25) is 0 Å². The lowest BCUT2D eigenvalue weighted by molar-refractivity contribution is 0.541. The van der Waals surface area contributed by atoms with E-state index in [0.717, 1.165) is 6.54 Å². The predicted molar refractivity (Wildman–Crippen MR) is 63.9 cm³/mol. The summed E-state index contributed by atoms with van der Waals surface area (Å²) in [4.78, 5) is 0. The van der Waals surface area contributed by atoms with Crippen molar-refractivity contribution in [1.82, 2.24) is 15.1 Å². The first-order valence-electron chi connectivity index (χ1n) is 5.88. The molecule has 15 heavy (non-hydrogen) atoms. The molecule has 0 aliphatic rings. The third-order valence-corrected chi connectivity index (χ3v) is 2.97. The Kier molecular flexibility index (Phi) is 4.82. The third kappa shape index (κ3) is 3.34. The van der Waals surface area contributed by atoms with Crippen molar-refractivity contribution in [2.24, 2.45) is 7.05 Å². The summed E-state index contributed by atoms with van der Waals surface area (Å²) in [7, 11) is 1.99. The van der Waals surface area contributed by atoms with Gasteiger partial charge in [-0.25, -0.2) is 0 Å². The van der Waals surface area contributed by atoms with E-state index >= 15 is 0 Å². The molecule has 86 valence electrons. The van der Waals surface area contributed by atoms with Crippen molar-refractivity contribution < 1.29 is 0 Å². The summed E-state index contributed by atoms with van der Waals surface area (Å²) in [5, 5.41) is 7.79. The largest absolute Gasteiger partial charge is 0.310 e. The summed E-state index contributed by atoms with van der Waals surface area (Å²) < 4.78 is 1.93. The van der Waals surface area contributed by atoms with Crippen LogP contribution >= 0.6 is 0 Å². The van der Waals surface area contributed by atoms with Crippen molar-refractivity contribution in [3.8, 4) is 0 Å². The number of hydrogen-bond donors (Lipinski definition) is 1. The van der Waals surface area contributed by atoms with Gasteiger partial charge in [-0.1, -0.05) is 19.8 Å². The highest BCUT2D eigenvalue weighted by molar-refractivity contribution is 5.19. The molecule has 0 aromatic carbocycles. The Morgan fingerprint density at radius 2 is 2.20 bits per heavy atom. The zero-order valence-corrected chi connectivity index (χ0v) is 10.4. The van der Waals surface area contributed by atoms with Crippen LogP contribution in [0.3, 0.4) is 0 Å². The summed E-state index contributed by atoms with van der Waals surface area (Å²) in [6.45, 7) is 7.65. The number of rotatable bonds is 6. The molecule has 0 aliphatic heterocycles. The lowest BCUT2D eigenvalue weighted by atomic mass is 10.1. The van der Waals surface area contributed by atoms with E-state index in [1.165, 1.54) is 30.5 Å². The van der Waals surface area contributed by atoms with E-state index in [4.69, 9.17) is 0 Å². The van der Waals surface area contributed by atoms with Crippen molar-refractivity contribution in [2.75, 3.05) is 6.54 Å². The first-order valence-corrected chi connectivity index (χ1v) is 5.88. The maximum Gasteiger partial charge on any atom is 0.0540 e. The Hall–Kier alpha value is -0.830. The van der Waals surface area contributed by atoms with Gasteiger partial charge in [0.25, 0.3) is 0 Å². The van der Waals surface area contributed by atoms with Crippen LogP contribution in [-0.4, -0.2) is 16.3 Å². The summed E-state index contributed by atoms with van der Waals surface area (Å²) in [6.07, 6.45) is 5.82. The fourth-order valence-corrected chi connectivity index (χ4v) is 1.74. The van der Waals surface area contributed by atoms with Crippen LogP contribution in [0.15, 0.2) is 6.20 Å². The Balaban J connectivity index is 2.40. The minimum atomic E-state index is 0.413. The SMILES string of the molecule is CCCCCNC(C)c1cnn(C)c1C.